The first kappa shape index (κ1) is 20.7. The molecule has 0 aliphatic rings. The highest BCUT2D eigenvalue weighted by Gasteiger charge is 2.31. The summed E-state index contributed by atoms with van der Waals surface area (Å²) in [5, 5.41) is 13.1. The number of aryl methyl sites for hydroxylation is 1. The van der Waals surface area contributed by atoms with E-state index < -0.39 is 35.5 Å². The first-order valence-electron chi connectivity index (χ1n) is 7.63. The quantitative estimate of drug-likeness (QED) is 0.453. The maximum Gasteiger partial charge on any atom is 0.573 e. The minimum atomic E-state index is -4.85. The molecule has 148 valence electrons. The van der Waals surface area contributed by atoms with Crippen LogP contribution in [0.3, 0.4) is 0 Å². The number of carbonyl (C=O) groups excluding carboxylic acids is 2. The van der Waals surface area contributed by atoms with Crippen molar-refractivity contribution in [2.45, 2.75) is 13.3 Å². The number of amides is 1. The van der Waals surface area contributed by atoms with Crippen LogP contribution in [0.5, 0.6) is 5.75 Å². The molecule has 0 aliphatic heterocycles. The Hall–Kier alpha value is -3.63. The smallest absolute Gasteiger partial charge is 0.452 e. The number of hydrogen-bond acceptors (Lipinski definition) is 6. The van der Waals surface area contributed by atoms with Gasteiger partial charge < -0.3 is 14.8 Å². The molecule has 28 heavy (non-hydrogen) atoms. The highest BCUT2D eigenvalue weighted by molar-refractivity contribution is 5.96. The number of nitrogens with one attached hydrogen (secondary N) is 1. The summed E-state index contributed by atoms with van der Waals surface area (Å²) in [5.41, 5.74) is 0.531. The van der Waals surface area contributed by atoms with E-state index >= 15 is 0 Å². The standard InChI is InChI=1S/C17H13F3N2O6/c1-10-8-12(22(25)26)4-7-14(10)21-15(23)9-27-16(24)11-2-5-13(6-3-11)28-17(18,19)20/h2-8H,9H2,1H3,(H,21,23). The zero-order valence-corrected chi connectivity index (χ0v) is 14.3. The van der Waals surface area contributed by atoms with Crippen molar-refractivity contribution >= 4 is 23.3 Å². The van der Waals surface area contributed by atoms with Gasteiger partial charge in [-0.1, -0.05) is 0 Å². The maximum absolute atomic E-state index is 12.1. The fourth-order valence-corrected chi connectivity index (χ4v) is 2.10. The second-order valence-electron chi connectivity index (χ2n) is 5.45. The molecule has 0 fully saturated rings. The molecular weight excluding hydrogens is 385 g/mol. The lowest BCUT2D eigenvalue weighted by Crippen LogP contribution is -2.21. The van der Waals surface area contributed by atoms with Crippen molar-refractivity contribution in [1.82, 2.24) is 0 Å². The molecule has 1 N–H and O–H groups in total. The van der Waals surface area contributed by atoms with E-state index in [1.165, 1.54) is 18.2 Å². The largest absolute Gasteiger partial charge is 0.573 e. The molecule has 0 aliphatic carbocycles. The van der Waals surface area contributed by atoms with Gasteiger partial charge in [-0.2, -0.15) is 0 Å². The second kappa shape index (κ2) is 8.37. The van der Waals surface area contributed by atoms with Crippen molar-refractivity contribution < 1.29 is 37.2 Å². The van der Waals surface area contributed by atoms with Gasteiger partial charge in [0, 0.05) is 17.8 Å². The Morgan fingerprint density at radius 1 is 1.14 bits per heavy atom. The number of hydrogen-bond donors (Lipinski definition) is 1. The summed E-state index contributed by atoms with van der Waals surface area (Å²) >= 11 is 0. The van der Waals surface area contributed by atoms with E-state index in [-0.39, 0.29) is 11.3 Å². The fraction of sp³-hybridized carbons (Fsp3) is 0.176. The van der Waals surface area contributed by atoms with Crippen LogP contribution in [0, 0.1) is 17.0 Å². The molecule has 8 nitrogen and oxygen atoms in total. The van der Waals surface area contributed by atoms with E-state index in [2.05, 4.69) is 10.1 Å². The highest BCUT2D eigenvalue weighted by Crippen LogP contribution is 2.23. The van der Waals surface area contributed by atoms with Crippen molar-refractivity contribution in [2.24, 2.45) is 0 Å². The number of anilines is 1. The van der Waals surface area contributed by atoms with Crippen molar-refractivity contribution in [3.8, 4) is 5.75 Å². The minimum absolute atomic E-state index is 0.0751. The summed E-state index contributed by atoms with van der Waals surface area (Å²) < 4.78 is 44.7. The van der Waals surface area contributed by atoms with Gasteiger partial charge in [-0.25, -0.2) is 4.79 Å². The summed E-state index contributed by atoms with van der Waals surface area (Å²) in [6.45, 7) is 0.898. The van der Waals surface area contributed by atoms with Gasteiger partial charge in [-0.15, -0.1) is 13.2 Å². The van der Waals surface area contributed by atoms with Crippen LogP contribution in [0.2, 0.25) is 0 Å². The molecule has 0 saturated heterocycles. The predicted molar refractivity (Wildman–Crippen MR) is 89.9 cm³/mol. The minimum Gasteiger partial charge on any atom is -0.452 e. The number of halogens is 3. The molecule has 1 amide bonds. The Morgan fingerprint density at radius 3 is 2.32 bits per heavy atom. The zero-order valence-electron chi connectivity index (χ0n) is 14.3. The molecule has 0 aromatic heterocycles. The lowest BCUT2D eigenvalue weighted by Gasteiger charge is -2.10. The van der Waals surface area contributed by atoms with E-state index in [0.717, 1.165) is 24.3 Å². The van der Waals surface area contributed by atoms with Gasteiger partial charge in [0.1, 0.15) is 5.75 Å². The maximum atomic E-state index is 12.1. The first-order valence-corrected chi connectivity index (χ1v) is 7.63. The van der Waals surface area contributed by atoms with E-state index in [1.807, 2.05) is 0 Å². The number of nitrogens with zero attached hydrogens (tertiary/aromatic N) is 1. The molecule has 0 bridgehead atoms. The number of nitro benzene ring substituents is 1. The Balaban J connectivity index is 1.90. The van der Waals surface area contributed by atoms with Gasteiger partial charge in [0.2, 0.25) is 0 Å². The second-order valence-corrected chi connectivity index (χ2v) is 5.45. The van der Waals surface area contributed by atoms with Crippen LogP contribution in [0.15, 0.2) is 42.5 Å². The van der Waals surface area contributed by atoms with E-state index in [4.69, 9.17) is 4.74 Å². The van der Waals surface area contributed by atoms with Crippen LogP contribution in [-0.2, 0) is 9.53 Å². The number of rotatable bonds is 6. The monoisotopic (exact) mass is 398 g/mol. The SMILES string of the molecule is Cc1cc([N+](=O)[O-])ccc1NC(=O)COC(=O)c1ccc(OC(F)(F)F)cc1. The summed E-state index contributed by atoms with van der Waals surface area (Å²) in [4.78, 5) is 33.8. The molecule has 2 rings (SSSR count). The van der Waals surface area contributed by atoms with E-state index in [0.29, 0.717) is 11.3 Å². The molecule has 0 radical (unpaired) electrons. The van der Waals surface area contributed by atoms with Crippen LogP contribution in [0.25, 0.3) is 0 Å². The summed E-state index contributed by atoms with van der Waals surface area (Å²) in [7, 11) is 0. The molecule has 0 atom stereocenters. The topological polar surface area (TPSA) is 108 Å². The molecule has 0 saturated carbocycles. The van der Waals surface area contributed by atoms with Gasteiger partial charge in [-0.3, -0.25) is 14.9 Å². The number of nitro groups is 1. The number of alkyl halides is 3. The third kappa shape index (κ3) is 5.97. The number of benzene rings is 2. The lowest BCUT2D eigenvalue weighted by molar-refractivity contribution is -0.384. The average molecular weight is 398 g/mol. The van der Waals surface area contributed by atoms with Crippen LogP contribution < -0.4 is 10.1 Å². The molecular formula is C17H13F3N2O6. The molecule has 2 aromatic rings. The first-order chi connectivity index (χ1) is 13.0. The Morgan fingerprint density at radius 2 is 1.79 bits per heavy atom. The number of non-ortho nitro benzene ring substituents is 1. The molecule has 0 heterocycles. The summed E-state index contributed by atoms with van der Waals surface area (Å²) in [6, 6.07) is 7.80. The molecule has 11 heteroatoms. The molecule has 2 aromatic carbocycles. The van der Waals surface area contributed by atoms with Crippen LogP contribution in [0.4, 0.5) is 24.5 Å². The van der Waals surface area contributed by atoms with E-state index in [9.17, 15) is 32.9 Å². The van der Waals surface area contributed by atoms with Crippen LogP contribution in [0.1, 0.15) is 15.9 Å². The summed E-state index contributed by atoms with van der Waals surface area (Å²) in [6.07, 6.45) is -4.85. The third-order valence-electron chi connectivity index (χ3n) is 3.35. The normalized spacial score (nSPS) is 10.9. The number of carbonyl (C=O) groups is 2. The summed E-state index contributed by atoms with van der Waals surface area (Å²) in [5.74, 6) is -2.12. The molecule has 0 spiro atoms. The zero-order chi connectivity index (χ0) is 20.9. The van der Waals surface area contributed by atoms with Crippen molar-refractivity contribution in [3.05, 3.63) is 63.7 Å². The van der Waals surface area contributed by atoms with Gasteiger partial charge in [0.15, 0.2) is 6.61 Å². The van der Waals surface area contributed by atoms with E-state index in [1.54, 1.807) is 6.92 Å². The lowest BCUT2D eigenvalue weighted by atomic mass is 10.2. The van der Waals surface area contributed by atoms with Crippen molar-refractivity contribution in [3.63, 3.8) is 0 Å². The fourth-order valence-electron chi connectivity index (χ4n) is 2.10. The predicted octanol–water partition coefficient (Wildman–Crippen LogP) is 3.60. The molecule has 0 unspecified atom stereocenters. The number of ether oxygens (including phenoxy) is 2. The number of esters is 1. The van der Waals surface area contributed by atoms with Gasteiger partial charge >= 0.3 is 12.3 Å². The Kier molecular flexibility index (Phi) is 6.18. The average Bonchev–Trinajstić information content (AvgIpc) is 2.60. The Labute approximate surface area is 156 Å². The van der Waals surface area contributed by atoms with Crippen LogP contribution >= 0.6 is 0 Å². The highest BCUT2D eigenvalue weighted by atomic mass is 19.4. The van der Waals surface area contributed by atoms with Gasteiger partial charge in [-0.05, 0) is 42.8 Å². The van der Waals surface area contributed by atoms with Crippen molar-refractivity contribution in [1.29, 1.82) is 0 Å². The Bertz CT molecular complexity index is 897. The van der Waals surface area contributed by atoms with Gasteiger partial charge in [0.25, 0.3) is 11.6 Å². The van der Waals surface area contributed by atoms with Gasteiger partial charge in [0.05, 0.1) is 10.5 Å². The third-order valence-corrected chi connectivity index (χ3v) is 3.35. The van der Waals surface area contributed by atoms with Crippen LogP contribution in [-0.4, -0.2) is 29.8 Å². The van der Waals surface area contributed by atoms with Crippen molar-refractivity contribution in [2.75, 3.05) is 11.9 Å².